The highest BCUT2D eigenvalue weighted by Crippen LogP contribution is 2.20. The molecule has 178 valence electrons. The van der Waals surface area contributed by atoms with Gasteiger partial charge in [-0.05, 0) is 36.4 Å². The number of benzene rings is 2. The summed E-state index contributed by atoms with van der Waals surface area (Å²) in [4.78, 5) is 48.1. The molecule has 5 rings (SSSR count). The molecule has 2 N–H and O–H groups in total. The summed E-state index contributed by atoms with van der Waals surface area (Å²) in [6, 6.07) is 12.3. The summed E-state index contributed by atoms with van der Waals surface area (Å²) in [5.74, 6) is -1.59. The van der Waals surface area contributed by atoms with Crippen molar-refractivity contribution in [1.29, 1.82) is 0 Å². The topological polar surface area (TPSA) is 142 Å². The number of rotatable bonds is 6. The standard InChI is InChI=1S/C24H21N5O6/c30-21(25-18-8-10-34-23(18)32)14-4-6-17(7-5-14)29-13-20(27-28-29)15-2-1-3-16(12-15)22(31)26-19-9-11-35-24(19)33/h1-7,12-13,18-19H,8-11H2,(H,25,30)(H,26,31)/t18-,19-/m0/s1. The quantitative estimate of drug-likeness (QED) is 0.504. The van der Waals surface area contributed by atoms with Gasteiger partial charge in [-0.2, -0.15) is 0 Å². The van der Waals surface area contributed by atoms with Crippen LogP contribution >= 0.6 is 0 Å². The second-order valence-electron chi connectivity index (χ2n) is 8.14. The molecule has 3 heterocycles. The zero-order chi connectivity index (χ0) is 24.4. The van der Waals surface area contributed by atoms with E-state index in [1.54, 1.807) is 59.4 Å². The van der Waals surface area contributed by atoms with E-state index in [4.69, 9.17) is 9.47 Å². The zero-order valence-electron chi connectivity index (χ0n) is 18.5. The van der Waals surface area contributed by atoms with Gasteiger partial charge in [0, 0.05) is 29.5 Å². The number of aromatic nitrogens is 3. The van der Waals surface area contributed by atoms with Crippen molar-refractivity contribution in [2.75, 3.05) is 13.2 Å². The number of amides is 2. The molecular weight excluding hydrogens is 454 g/mol. The highest BCUT2D eigenvalue weighted by Gasteiger charge is 2.29. The van der Waals surface area contributed by atoms with Gasteiger partial charge in [-0.1, -0.05) is 17.3 Å². The molecule has 2 amide bonds. The second kappa shape index (κ2) is 9.37. The molecule has 2 aliphatic heterocycles. The van der Waals surface area contributed by atoms with E-state index in [-0.39, 0.29) is 11.8 Å². The lowest BCUT2D eigenvalue weighted by Gasteiger charge is -2.09. The Balaban J connectivity index is 1.27. The van der Waals surface area contributed by atoms with Crippen LogP contribution in [0, 0.1) is 0 Å². The van der Waals surface area contributed by atoms with Crippen molar-refractivity contribution in [3.05, 3.63) is 65.9 Å². The van der Waals surface area contributed by atoms with Crippen LogP contribution in [-0.2, 0) is 19.1 Å². The Morgan fingerprint density at radius 3 is 2.09 bits per heavy atom. The minimum Gasteiger partial charge on any atom is -0.464 e. The Morgan fingerprint density at radius 1 is 0.857 bits per heavy atom. The Morgan fingerprint density at radius 2 is 1.49 bits per heavy atom. The van der Waals surface area contributed by atoms with Crippen molar-refractivity contribution >= 4 is 23.8 Å². The maximum absolute atomic E-state index is 12.6. The number of hydrogen-bond acceptors (Lipinski definition) is 8. The van der Waals surface area contributed by atoms with E-state index in [0.717, 1.165) is 0 Å². The first kappa shape index (κ1) is 22.3. The molecule has 2 aromatic carbocycles. The molecule has 3 aromatic rings. The molecule has 0 saturated carbocycles. The average molecular weight is 475 g/mol. The minimum atomic E-state index is -0.635. The Bertz CT molecular complexity index is 1300. The van der Waals surface area contributed by atoms with E-state index in [2.05, 4.69) is 20.9 Å². The monoisotopic (exact) mass is 475 g/mol. The lowest BCUT2D eigenvalue weighted by Crippen LogP contribution is -2.37. The molecule has 2 saturated heterocycles. The van der Waals surface area contributed by atoms with Crippen molar-refractivity contribution in [3.8, 4) is 16.9 Å². The molecule has 0 spiro atoms. The predicted octanol–water partition coefficient (Wildman–Crippen LogP) is 1.02. The van der Waals surface area contributed by atoms with Gasteiger partial charge in [0.15, 0.2) is 0 Å². The minimum absolute atomic E-state index is 0.299. The lowest BCUT2D eigenvalue weighted by molar-refractivity contribution is -0.140. The molecule has 1 aromatic heterocycles. The van der Waals surface area contributed by atoms with Crippen molar-refractivity contribution in [2.45, 2.75) is 24.9 Å². The first-order chi connectivity index (χ1) is 17.0. The van der Waals surface area contributed by atoms with Gasteiger partial charge in [-0.25, -0.2) is 14.3 Å². The molecule has 11 nitrogen and oxygen atoms in total. The fourth-order valence-electron chi connectivity index (χ4n) is 3.84. The number of hydrogen-bond donors (Lipinski definition) is 2. The molecule has 35 heavy (non-hydrogen) atoms. The van der Waals surface area contributed by atoms with Crippen LogP contribution in [0.5, 0.6) is 0 Å². The van der Waals surface area contributed by atoms with Gasteiger partial charge in [-0.3, -0.25) is 9.59 Å². The van der Waals surface area contributed by atoms with Crippen LogP contribution in [0.3, 0.4) is 0 Å². The lowest BCUT2D eigenvalue weighted by atomic mass is 10.1. The number of carbonyl (C=O) groups excluding carboxylic acids is 4. The normalized spacial score (nSPS) is 19.2. The predicted molar refractivity (Wildman–Crippen MR) is 120 cm³/mol. The van der Waals surface area contributed by atoms with Gasteiger partial charge in [0.05, 0.1) is 25.1 Å². The summed E-state index contributed by atoms with van der Waals surface area (Å²) >= 11 is 0. The third-order valence-corrected chi connectivity index (χ3v) is 5.79. The molecular formula is C24H21N5O6. The van der Waals surface area contributed by atoms with Crippen molar-refractivity contribution in [1.82, 2.24) is 25.6 Å². The molecule has 0 bridgehead atoms. The smallest absolute Gasteiger partial charge is 0.328 e. The van der Waals surface area contributed by atoms with E-state index in [1.807, 2.05) is 0 Å². The van der Waals surface area contributed by atoms with Gasteiger partial charge >= 0.3 is 11.9 Å². The number of nitrogens with zero attached hydrogens (tertiary/aromatic N) is 3. The van der Waals surface area contributed by atoms with Crippen LogP contribution in [0.4, 0.5) is 0 Å². The van der Waals surface area contributed by atoms with E-state index in [9.17, 15) is 19.2 Å². The number of carbonyl (C=O) groups is 4. The molecule has 0 aliphatic carbocycles. The largest absolute Gasteiger partial charge is 0.464 e. The van der Waals surface area contributed by atoms with E-state index in [0.29, 0.717) is 54.1 Å². The maximum atomic E-state index is 12.6. The SMILES string of the molecule is O=C(N[C@H]1CCOC1=O)c1ccc(-n2cc(-c3cccc(C(=O)N[C@H]4CCOC4=O)c3)nn2)cc1. The van der Waals surface area contributed by atoms with Gasteiger partial charge in [0.1, 0.15) is 17.8 Å². The Hall–Kier alpha value is -4.54. The van der Waals surface area contributed by atoms with Crippen LogP contribution in [0.2, 0.25) is 0 Å². The van der Waals surface area contributed by atoms with Crippen molar-refractivity contribution in [2.24, 2.45) is 0 Å². The van der Waals surface area contributed by atoms with Crippen LogP contribution in [0.15, 0.2) is 54.7 Å². The Kier molecular flexibility index (Phi) is 5.96. The molecule has 0 radical (unpaired) electrons. The number of ether oxygens (including phenoxy) is 2. The third-order valence-electron chi connectivity index (χ3n) is 5.79. The second-order valence-corrected chi connectivity index (χ2v) is 8.14. The highest BCUT2D eigenvalue weighted by atomic mass is 16.5. The molecule has 2 atom stereocenters. The van der Waals surface area contributed by atoms with Gasteiger partial charge in [-0.15, -0.1) is 5.10 Å². The van der Waals surface area contributed by atoms with Crippen LogP contribution in [-0.4, -0.2) is 64.0 Å². The van der Waals surface area contributed by atoms with Gasteiger partial charge in [0.25, 0.3) is 11.8 Å². The fraction of sp³-hybridized carbons (Fsp3) is 0.250. The fourth-order valence-corrected chi connectivity index (χ4v) is 3.84. The first-order valence-electron chi connectivity index (χ1n) is 11.1. The maximum Gasteiger partial charge on any atom is 0.328 e. The molecule has 2 fully saturated rings. The van der Waals surface area contributed by atoms with Crippen LogP contribution < -0.4 is 10.6 Å². The summed E-state index contributed by atoms with van der Waals surface area (Å²) in [5.41, 5.74) is 2.69. The molecule has 2 aliphatic rings. The van der Waals surface area contributed by atoms with Crippen molar-refractivity contribution in [3.63, 3.8) is 0 Å². The molecule has 11 heteroatoms. The van der Waals surface area contributed by atoms with Crippen molar-refractivity contribution < 1.29 is 28.7 Å². The average Bonchev–Trinajstić information content (AvgIpc) is 3.62. The number of cyclic esters (lactones) is 2. The first-order valence-corrected chi connectivity index (χ1v) is 11.1. The Labute approximate surface area is 199 Å². The van der Waals surface area contributed by atoms with Gasteiger partial charge in [0.2, 0.25) is 0 Å². The molecule has 0 unspecified atom stereocenters. The third kappa shape index (κ3) is 4.74. The number of nitrogens with one attached hydrogen (secondary N) is 2. The number of esters is 2. The van der Waals surface area contributed by atoms with E-state index >= 15 is 0 Å². The van der Waals surface area contributed by atoms with E-state index in [1.165, 1.54) is 0 Å². The summed E-state index contributed by atoms with van der Waals surface area (Å²) in [5, 5.41) is 13.7. The van der Waals surface area contributed by atoms with E-state index < -0.39 is 24.0 Å². The van der Waals surface area contributed by atoms with Crippen LogP contribution in [0.25, 0.3) is 16.9 Å². The van der Waals surface area contributed by atoms with Gasteiger partial charge < -0.3 is 20.1 Å². The summed E-state index contributed by atoms with van der Waals surface area (Å²) in [6.45, 7) is 0.605. The summed E-state index contributed by atoms with van der Waals surface area (Å²) in [7, 11) is 0. The van der Waals surface area contributed by atoms with Crippen LogP contribution in [0.1, 0.15) is 33.6 Å². The summed E-state index contributed by atoms with van der Waals surface area (Å²) < 4.78 is 11.3. The summed E-state index contributed by atoms with van der Waals surface area (Å²) in [6.07, 6.45) is 2.61. The highest BCUT2D eigenvalue weighted by molar-refractivity contribution is 5.98. The zero-order valence-corrected chi connectivity index (χ0v) is 18.5.